The van der Waals surface area contributed by atoms with E-state index in [1.165, 1.54) is 19.1 Å². The second-order valence-electron chi connectivity index (χ2n) is 9.82. The lowest BCUT2D eigenvalue weighted by molar-refractivity contribution is -0.142. The standard InChI is InChI=1S/C27H28F3N5O2/c1-18(36)32-8-10-33(11-9-32)26(37)22-15-20-14-21(27(28,29)30)6-7-24(20)35-13-12-34(17-25(22)35)23-5-3-2-4-19(23)16-31/h2-7,14,22,25H,8-13,15,17H2,1H3/t22-,25-/m1/s1. The molecular formula is C27H28F3N5O2. The zero-order valence-corrected chi connectivity index (χ0v) is 20.5. The Labute approximate surface area is 213 Å². The second-order valence-corrected chi connectivity index (χ2v) is 9.82. The number of carbonyl (C=O) groups is 2. The van der Waals surface area contributed by atoms with Crippen LogP contribution in [0.25, 0.3) is 0 Å². The topological polar surface area (TPSA) is 70.9 Å². The fourth-order valence-corrected chi connectivity index (χ4v) is 5.82. The summed E-state index contributed by atoms with van der Waals surface area (Å²) in [6, 6.07) is 13.1. The van der Waals surface area contributed by atoms with Crippen molar-refractivity contribution in [2.24, 2.45) is 5.92 Å². The van der Waals surface area contributed by atoms with Gasteiger partial charge in [0.05, 0.1) is 28.8 Å². The van der Waals surface area contributed by atoms with Crippen molar-refractivity contribution in [2.45, 2.75) is 25.6 Å². The number of benzene rings is 2. The molecule has 0 unspecified atom stereocenters. The van der Waals surface area contributed by atoms with Gasteiger partial charge in [-0.2, -0.15) is 18.4 Å². The van der Waals surface area contributed by atoms with Gasteiger partial charge in [0.1, 0.15) is 6.07 Å². The maximum absolute atomic E-state index is 13.8. The molecule has 2 fully saturated rings. The minimum atomic E-state index is -4.46. The predicted molar refractivity (Wildman–Crippen MR) is 132 cm³/mol. The molecule has 0 aromatic heterocycles. The number of piperazine rings is 2. The molecule has 10 heteroatoms. The summed E-state index contributed by atoms with van der Waals surface area (Å²) in [5.41, 5.74) is 1.89. The van der Waals surface area contributed by atoms with Gasteiger partial charge in [-0.3, -0.25) is 9.59 Å². The maximum Gasteiger partial charge on any atom is 0.416 e. The van der Waals surface area contributed by atoms with E-state index in [9.17, 15) is 28.0 Å². The highest BCUT2D eigenvalue weighted by Gasteiger charge is 2.44. The van der Waals surface area contributed by atoms with Crippen LogP contribution in [-0.2, 0) is 22.2 Å². The molecule has 3 heterocycles. The summed E-state index contributed by atoms with van der Waals surface area (Å²) in [4.78, 5) is 33.2. The molecule has 2 aromatic carbocycles. The zero-order valence-electron chi connectivity index (χ0n) is 20.5. The van der Waals surface area contributed by atoms with Gasteiger partial charge in [0.25, 0.3) is 0 Å². The molecule has 0 bridgehead atoms. The van der Waals surface area contributed by atoms with Crippen LogP contribution >= 0.6 is 0 Å². The van der Waals surface area contributed by atoms with Gasteiger partial charge in [-0.15, -0.1) is 0 Å². The van der Waals surface area contributed by atoms with E-state index < -0.39 is 17.7 Å². The second kappa shape index (κ2) is 9.61. The fraction of sp³-hybridized carbons (Fsp3) is 0.444. The molecule has 2 saturated heterocycles. The average molecular weight is 512 g/mol. The number of fused-ring (bicyclic) bond motifs is 3. The highest BCUT2D eigenvalue weighted by Crippen LogP contribution is 2.41. The molecule has 0 saturated carbocycles. The van der Waals surface area contributed by atoms with Crippen LogP contribution in [0.2, 0.25) is 0 Å². The highest BCUT2D eigenvalue weighted by atomic mass is 19.4. The van der Waals surface area contributed by atoms with Gasteiger partial charge < -0.3 is 19.6 Å². The Hall–Kier alpha value is -3.74. The first-order chi connectivity index (χ1) is 17.7. The van der Waals surface area contributed by atoms with Crippen molar-refractivity contribution >= 4 is 23.2 Å². The number of nitrogens with zero attached hydrogens (tertiary/aromatic N) is 5. The van der Waals surface area contributed by atoms with Gasteiger partial charge >= 0.3 is 6.18 Å². The molecule has 3 aliphatic rings. The van der Waals surface area contributed by atoms with Crippen molar-refractivity contribution < 1.29 is 22.8 Å². The van der Waals surface area contributed by atoms with Gasteiger partial charge in [-0.05, 0) is 42.3 Å². The van der Waals surface area contributed by atoms with Crippen molar-refractivity contribution in [2.75, 3.05) is 55.6 Å². The molecule has 5 rings (SSSR count). The summed E-state index contributed by atoms with van der Waals surface area (Å²) in [7, 11) is 0. The third-order valence-corrected chi connectivity index (χ3v) is 7.76. The van der Waals surface area contributed by atoms with E-state index in [1.54, 1.807) is 21.9 Å². The Bertz CT molecular complexity index is 1250. The van der Waals surface area contributed by atoms with Gasteiger partial charge in [0, 0.05) is 58.4 Å². The largest absolute Gasteiger partial charge is 0.416 e. The summed E-state index contributed by atoms with van der Waals surface area (Å²) < 4.78 is 40.5. The number of rotatable bonds is 2. The van der Waals surface area contributed by atoms with Crippen LogP contribution in [-0.4, -0.2) is 73.5 Å². The quantitative estimate of drug-likeness (QED) is 0.620. The molecule has 2 atom stereocenters. The van der Waals surface area contributed by atoms with Crippen molar-refractivity contribution in [1.29, 1.82) is 5.26 Å². The molecule has 0 aliphatic carbocycles. The van der Waals surface area contributed by atoms with Crippen molar-refractivity contribution in [3.63, 3.8) is 0 Å². The Kier molecular flexibility index (Phi) is 6.48. The Morgan fingerprint density at radius 3 is 2.32 bits per heavy atom. The lowest BCUT2D eigenvalue weighted by Crippen LogP contribution is -2.62. The summed E-state index contributed by atoms with van der Waals surface area (Å²) in [6.45, 7) is 4.76. The number of para-hydroxylation sites is 1. The van der Waals surface area contributed by atoms with Crippen LogP contribution in [0.4, 0.5) is 24.5 Å². The normalized spacial score (nSPS) is 21.7. The minimum absolute atomic E-state index is 0.0383. The smallest absolute Gasteiger partial charge is 0.367 e. The van der Waals surface area contributed by atoms with Gasteiger partial charge in [0.2, 0.25) is 11.8 Å². The predicted octanol–water partition coefficient (Wildman–Crippen LogP) is 3.14. The number of nitriles is 1. The van der Waals surface area contributed by atoms with Gasteiger partial charge in [0.15, 0.2) is 0 Å². The number of hydrogen-bond donors (Lipinski definition) is 0. The number of halogens is 3. The van der Waals surface area contributed by atoms with Gasteiger partial charge in [-0.25, -0.2) is 0 Å². The third kappa shape index (κ3) is 4.70. The van der Waals surface area contributed by atoms with Crippen LogP contribution in [0.5, 0.6) is 0 Å². The molecule has 194 valence electrons. The fourth-order valence-electron chi connectivity index (χ4n) is 5.82. The molecule has 3 aliphatic heterocycles. The highest BCUT2D eigenvalue weighted by molar-refractivity contribution is 5.83. The van der Waals surface area contributed by atoms with E-state index in [4.69, 9.17) is 0 Å². The Morgan fingerprint density at radius 1 is 0.946 bits per heavy atom. The first-order valence-corrected chi connectivity index (χ1v) is 12.4. The van der Waals surface area contributed by atoms with E-state index in [0.717, 1.165) is 17.4 Å². The molecule has 2 aromatic rings. The van der Waals surface area contributed by atoms with Gasteiger partial charge in [-0.1, -0.05) is 12.1 Å². The van der Waals surface area contributed by atoms with E-state index >= 15 is 0 Å². The summed E-state index contributed by atoms with van der Waals surface area (Å²) in [6.07, 6.45) is -4.26. The van der Waals surface area contributed by atoms with Crippen LogP contribution < -0.4 is 9.80 Å². The van der Waals surface area contributed by atoms with Crippen molar-refractivity contribution in [3.05, 3.63) is 59.2 Å². The van der Waals surface area contributed by atoms with E-state index in [-0.39, 0.29) is 24.3 Å². The number of amides is 2. The maximum atomic E-state index is 13.8. The Morgan fingerprint density at radius 2 is 1.65 bits per heavy atom. The average Bonchev–Trinajstić information content (AvgIpc) is 2.91. The van der Waals surface area contributed by atoms with E-state index in [0.29, 0.717) is 56.9 Å². The van der Waals surface area contributed by atoms with E-state index in [2.05, 4.69) is 15.9 Å². The number of anilines is 2. The number of alkyl halides is 3. The van der Waals surface area contributed by atoms with Crippen LogP contribution in [0.1, 0.15) is 23.6 Å². The van der Waals surface area contributed by atoms with Crippen LogP contribution in [0, 0.1) is 17.2 Å². The van der Waals surface area contributed by atoms with Crippen molar-refractivity contribution in [1.82, 2.24) is 9.80 Å². The minimum Gasteiger partial charge on any atom is -0.367 e. The number of carbonyl (C=O) groups excluding carboxylic acids is 2. The third-order valence-electron chi connectivity index (χ3n) is 7.76. The lowest BCUT2D eigenvalue weighted by Gasteiger charge is -2.51. The lowest BCUT2D eigenvalue weighted by atomic mass is 9.82. The molecule has 0 spiro atoms. The molecule has 37 heavy (non-hydrogen) atoms. The molecule has 2 amide bonds. The van der Waals surface area contributed by atoms with Crippen LogP contribution in [0.15, 0.2) is 42.5 Å². The monoisotopic (exact) mass is 511 g/mol. The number of hydrogen-bond acceptors (Lipinski definition) is 5. The molecular weight excluding hydrogens is 483 g/mol. The summed E-state index contributed by atoms with van der Waals surface area (Å²) in [5.74, 6) is -0.683. The van der Waals surface area contributed by atoms with Crippen molar-refractivity contribution in [3.8, 4) is 6.07 Å². The van der Waals surface area contributed by atoms with Crippen LogP contribution in [0.3, 0.4) is 0 Å². The first-order valence-electron chi connectivity index (χ1n) is 12.4. The molecule has 0 N–H and O–H groups in total. The SMILES string of the molecule is CC(=O)N1CCN(C(=O)[C@@H]2Cc3cc(C(F)(F)F)ccc3N3CCN(c4ccccc4C#N)C[C@H]23)CC1. The zero-order chi connectivity index (χ0) is 26.3. The summed E-state index contributed by atoms with van der Waals surface area (Å²) >= 11 is 0. The van der Waals surface area contributed by atoms with E-state index in [1.807, 2.05) is 12.1 Å². The molecule has 0 radical (unpaired) electrons. The first kappa shape index (κ1) is 24.9. The Balaban J connectivity index is 1.47. The summed E-state index contributed by atoms with van der Waals surface area (Å²) in [5, 5.41) is 9.61. The molecule has 7 nitrogen and oxygen atoms in total.